The Bertz CT molecular complexity index is 557. The molecule has 0 bridgehead atoms. The van der Waals surface area contributed by atoms with Crippen molar-refractivity contribution in [2.75, 3.05) is 0 Å². The fraction of sp³-hybridized carbons (Fsp3) is 0.0714. The zero-order chi connectivity index (χ0) is 12.3. The number of aromatic hydroxyl groups is 1. The molecular weight excluding hydrogens is 217 g/mol. The van der Waals surface area contributed by atoms with Crippen molar-refractivity contribution in [3.05, 3.63) is 65.5 Å². The van der Waals surface area contributed by atoms with E-state index < -0.39 is 5.92 Å². The number of benzene rings is 2. The Kier molecular flexibility index (Phi) is 3.06. The summed E-state index contributed by atoms with van der Waals surface area (Å²) in [4.78, 5) is 0. The minimum Gasteiger partial charge on any atom is -0.508 e. The van der Waals surface area contributed by atoms with Gasteiger partial charge in [0.2, 0.25) is 0 Å². The van der Waals surface area contributed by atoms with Crippen LogP contribution >= 0.6 is 0 Å². The van der Waals surface area contributed by atoms with Crippen LogP contribution in [0.1, 0.15) is 17.0 Å². The molecule has 3 heteroatoms. The van der Waals surface area contributed by atoms with E-state index in [1.807, 2.05) is 0 Å². The van der Waals surface area contributed by atoms with Crippen molar-refractivity contribution in [2.24, 2.45) is 0 Å². The molecule has 0 saturated heterocycles. The van der Waals surface area contributed by atoms with Crippen LogP contribution in [0.5, 0.6) is 5.75 Å². The number of hydrogen-bond donors (Lipinski definition) is 1. The molecule has 1 atom stereocenters. The largest absolute Gasteiger partial charge is 0.508 e. The van der Waals surface area contributed by atoms with Crippen molar-refractivity contribution in [1.82, 2.24) is 0 Å². The second-order valence-corrected chi connectivity index (χ2v) is 3.71. The summed E-state index contributed by atoms with van der Waals surface area (Å²) in [5.41, 5.74) is 1.34. The third-order valence-electron chi connectivity index (χ3n) is 2.54. The summed E-state index contributed by atoms with van der Waals surface area (Å²) < 4.78 is 13.1. The molecule has 17 heavy (non-hydrogen) atoms. The predicted molar refractivity (Wildman–Crippen MR) is 62.0 cm³/mol. The molecule has 1 N–H and O–H groups in total. The molecule has 1 unspecified atom stereocenters. The summed E-state index contributed by atoms with van der Waals surface area (Å²) >= 11 is 0. The van der Waals surface area contributed by atoms with Gasteiger partial charge in [-0.1, -0.05) is 24.3 Å². The molecule has 0 radical (unpaired) electrons. The summed E-state index contributed by atoms with van der Waals surface area (Å²) in [6.45, 7) is 0. The van der Waals surface area contributed by atoms with Gasteiger partial charge in [0.15, 0.2) is 0 Å². The predicted octanol–water partition coefficient (Wildman–Crippen LogP) is 3.19. The SMILES string of the molecule is N#CC(c1ccc(O)cc1)c1cccc(F)c1. The second kappa shape index (κ2) is 4.67. The van der Waals surface area contributed by atoms with Gasteiger partial charge < -0.3 is 5.11 Å². The highest BCUT2D eigenvalue weighted by Gasteiger charge is 2.13. The summed E-state index contributed by atoms with van der Waals surface area (Å²) in [6.07, 6.45) is 0. The quantitative estimate of drug-likeness (QED) is 0.856. The first kappa shape index (κ1) is 11.2. The Morgan fingerprint density at radius 1 is 1.06 bits per heavy atom. The molecule has 2 nitrogen and oxygen atoms in total. The van der Waals surface area contributed by atoms with Crippen LogP contribution in [0.25, 0.3) is 0 Å². The average molecular weight is 227 g/mol. The van der Waals surface area contributed by atoms with Gasteiger partial charge in [-0.15, -0.1) is 0 Å². The van der Waals surface area contributed by atoms with Gasteiger partial charge in [-0.3, -0.25) is 0 Å². The van der Waals surface area contributed by atoms with Crippen LogP contribution in [0, 0.1) is 17.1 Å². The molecule has 0 amide bonds. The van der Waals surface area contributed by atoms with Crippen molar-refractivity contribution < 1.29 is 9.50 Å². The minimum absolute atomic E-state index is 0.143. The fourth-order valence-corrected chi connectivity index (χ4v) is 1.69. The molecule has 0 aliphatic carbocycles. The molecule has 0 aliphatic heterocycles. The molecule has 2 aromatic rings. The van der Waals surface area contributed by atoms with Gasteiger partial charge in [0, 0.05) is 0 Å². The van der Waals surface area contributed by atoms with Crippen LogP contribution in [-0.4, -0.2) is 5.11 Å². The van der Waals surface area contributed by atoms with Gasteiger partial charge in [0.05, 0.1) is 12.0 Å². The van der Waals surface area contributed by atoms with Crippen LogP contribution in [-0.2, 0) is 0 Å². The molecule has 0 spiro atoms. The lowest BCUT2D eigenvalue weighted by molar-refractivity contribution is 0.475. The van der Waals surface area contributed by atoms with E-state index in [1.165, 1.54) is 24.3 Å². The summed E-state index contributed by atoms with van der Waals surface area (Å²) in [5, 5.41) is 18.3. The lowest BCUT2D eigenvalue weighted by Crippen LogP contribution is -1.98. The maximum absolute atomic E-state index is 13.1. The maximum atomic E-state index is 13.1. The summed E-state index contributed by atoms with van der Waals surface area (Å²) in [5.74, 6) is -0.738. The molecule has 2 aromatic carbocycles. The van der Waals surface area contributed by atoms with Crippen LogP contribution in [0.3, 0.4) is 0 Å². The summed E-state index contributed by atoms with van der Waals surface area (Å²) in [6, 6.07) is 14.5. The molecule has 0 heterocycles. The summed E-state index contributed by atoms with van der Waals surface area (Å²) in [7, 11) is 0. The molecule has 0 saturated carbocycles. The van der Waals surface area contributed by atoms with E-state index in [4.69, 9.17) is 5.26 Å². The van der Waals surface area contributed by atoms with E-state index >= 15 is 0 Å². The third-order valence-corrected chi connectivity index (χ3v) is 2.54. The smallest absolute Gasteiger partial charge is 0.123 e. The monoisotopic (exact) mass is 227 g/mol. The van der Waals surface area contributed by atoms with Crippen molar-refractivity contribution in [2.45, 2.75) is 5.92 Å². The molecule has 2 rings (SSSR count). The Hall–Kier alpha value is -2.34. The van der Waals surface area contributed by atoms with E-state index in [2.05, 4.69) is 6.07 Å². The Labute approximate surface area is 98.6 Å². The second-order valence-electron chi connectivity index (χ2n) is 3.71. The Morgan fingerprint density at radius 2 is 1.76 bits per heavy atom. The van der Waals surface area contributed by atoms with Crippen LogP contribution in [0.15, 0.2) is 48.5 Å². The molecule has 0 fully saturated rings. The highest BCUT2D eigenvalue weighted by Crippen LogP contribution is 2.25. The topological polar surface area (TPSA) is 44.0 Å². The van der Waals surface area contributed by atoms with E-state index in [0.717, 1.165) is 5.56 Å². The first-order valence-electron chi connectivity index (χ1n) is 5.14. The average Bonchev–Trinajstić information content (AvgIpc) is 2.33. The molecule has 0 aromatic heterocycles. The van der Waals surface area contributed by atoms with Gasteiger partial charge in [0.25, 0.3) is 0 Å². The Morgan fingerprint density at radius 3 is 2.35 bits per heavy atom. The van der Waals surface area contributed by atoms with Gasteiger partial charge in [-0.2, -0.15) is 5.26 Å². The van der Waals surface area contributed by atoms with E-state index in [9.17, 15) is 9.50 Å². The number of phenolic OH excluding ortho intramolecular Hbond substituents is 1. The molecular formula is C14H10FNO. The van der Waals surface area contributed by atoms with Crippen LogP contribution in [0.2, 0.25) is 0 Å². The number of nitrogens with zero attached hydrogens (tertiary/aromatic N) is 1. The third kappa shape index (κ3) is 2.43. The highest BCUT2D eigenvalue weighted by molar-refractivity contribution is 5.40. The highest BCUT2D eigenvalue weighted by atomic mass is 19.1. The number of phenols is 1. The van der Waals surface area contributed by atoms with Crippen LogP contribution < -0.4 is 0 Å². The minimum atomic E-state index is -0.522. The van der Waals surface area contributed by atoms with E-state index in [1.54, 1.807) is 24.3 Å². The number of hydrogen-bond acceptors (Lipinski definition) is 2. The zero-order valence-corrected chi connectivity index (χ0v) is 8.97. The standard InChI is InChI=1S/C14H10FNO/c15-12-3-1-2-11(8-12)14(9-16)10-4-6-13(17)7-5-10/h1-8,14,17H. The maximum Gasteiger partial charge on any atom is 0.123 e. The van der Waals surface area contributed by atoms with Gasteiger partial charge in [-0.05, 0) is 35.4 Å². The van der Waals surface area contributed by atoms with Gasteiger partial charge in [-0.25, -0.2) is 4.39 Å². The fourth-order valence-electron chi connectivity index (χ4n) is 1.69. The van der Waals surface area contributed by atoms with Gasteiger partial charge in [0.1, 0.15) is 11.6 Å². The normalized spacial score (nSPS) is 11.8. The van der Waals surface area contributed by atoms with Crippen LogP contribution in [0.4, 0.5) is 4.39 Å². The van der Waals surface area contributed by atoms with Crippen molar-refractivity contribution in [3.8, 4) is 11.8 Å². The molecule has 84 valence electrons. The number of nitriles is 1. The van der Waals surface area contributed by atoms with Crippen molar-refractivity contribution in [3.63, 3.8) is 0 Å². The number of rotatable bonds is 2. The number of halogens is 1. The lowest BCUT2D eigenvalue weighted by atomic mass is 9.92. The zero-order valence-electron chi connectivity index (χ0n) is 8.97. The van der Waals surface area contributed by atoms with E-state index in [0.29, 0.717) is 5.56 Å². The first-order chi connectivity index (χ1) is 8.20. The van der Waals surface area contributed by atoms with Gasteiger partial charge >= 0.3 is 0 Å². The first-order valence-corrected chi connectivity index (χ1v) is 5.14. The molecule has 0 aliphatic rings. The Balaban J connectivity index is 2.41. The van der Waals surface area contributed by atoms with E-state index in [-0.39, 0.29) is 11.6 Å². The lowest BCUT2D eigenvalue weighted by Gasteiger charge is -2.09. The van der Waals surface area contributed by atoms with Crippen molar-refractivity contribution >= 4 is 0 Å². The van der Waals surface area contributed by atoms with Crippen molar-refractivity contribution in [1.29, 1.82) is 5.26 Å².